The number of imidazole rings is 1. The Balaban J connectivity index is 1.71. The predicted molar refractivity (Wildman–Crippen MR) is 69.0 cm³/mol. The van der Waals surface area contributed by atoms with Crippen LogP contribution in [0.4, 0.5) is 0 Å². The summed E-state index contributed by atoms with van der Waals surface area (Å²) in [5, 5.41) is 0. The highest BCUT2D eigenvalue weighted by atomic mass is 32.2. The van der Waals surface area contributed by atoms with Crippen LogP contribution in [0.3, 0.4) is 0 Å². The summed E-state index contributed by atoms with van der Waals surface area (Å²) in [7, 11) is -2.78. The molecule has 0 bridgehead atoms. The number of hydrogen-bond donors (Lipinski definition) is 1. The minimum Gasteiger partial charge on any atom is -0.333 e. The van der Waals surface area contributed by atoms with Crippen LogP contribution in [0.15, 0.2) is 6.20 Å². The fourth-order valence-corrected chi connectivity index (χ4v) is 4.82. The summed E-state index contributed by atoms with van der Waals surface area (Å²) in [6.07, 6.45) is 5.55. The van der Waals surface area contributed by atoms with Crippen LogP contribution < -0.4 is 5.73 Å². The Morgan fingerprint density at radius 3 is 3.00 bits per heavy atom. The molecule has 0 aliphatic carbocycles. The number of fused-ring (bicyclic) bond motifs is 1. The average molecular weight is 269 g/mol. The van der Waals surface area contributed by atoms with Gasteiger partial charge in [-0.1, -0.05) is 0 Å². The first-order valence-electron chi connectivity index (χ1n) is 6.53. The van der Waals surface area contributed by atoms with Crippen LogP contribution in [-0.4, -0.2) is 35.5 Å². The lowest BCUT2D eigenvalue weighted by atomic mass is 10.0. The van der Waals surface area contributed by atoms with Crippen molar-refractivity contribution < 1.29 is 8.42 Å². The molecule has 2 N–H and O–H groups in total. The third-order valence-electron chi connectivity index (χ3n) is 3.90. The van der Waals surface area contributed by atoms with Gasteiger partial charge in [-0.3, -0.25) is 0 Å². The number of rotatable bonds is 2. The molecule has 6 heteroatoms. The first-order valence-corrected chi connectivity index (χ1v) is 8.35. The summed E-state index contributed by atoms with van der Waals surface area (Å²) < 4.78 is 25.0. The third-order valence-corrected chi connectivity index (χ3v) is 5.74. The standard InChI is InChI=1S/C12H19N3O2S/c13-10-1-2-12-14-11(7-15(12)6-10)5-9-3-4-18(16,17)8-9/h7,9-10H,1-6,8,13H2. The second-order valence-corrected chi connectivity index (χ2v) is 7.80. The number of nitrogens with zero attached hydrogens (tertiary/aromatic N) is 2. The topological polar surface area (TPSA) is 78.0 Å². The van der Waals surface area contributed by atoms with Gasteiger partial charge in [0.15, 0.2) is 9.84 Å². The van der Waals surface area contributed by atoms with Crippen molar-refractivity contribution >= 4 is 9.84 Å². The number of sulfone groups is 1. The lowest BCUT2D eigenvalue weighted by Gasteiger charge is -2.19. The van der Waals surface area contributed by atoms with Gasteiger partial charge in [0.2, 0.25) is 0 Å². The van der Waals surface area contributed by atoms with Crippen molar-refractivity contribution in [2.75, 3.05) is 11.5 Å². The first-order chi connectivity index (χ1) is 8.52. The van der Waals surface area contributed by atoms with E-state index in [0.717, 1.165) is 43.7 Å². The van der Waals surface area contributed by atoms with Crippen LogP contribution in [0.25, 0.3) is 0 Å². The van der Waals surface area contributed by atoms with Crippen molar-refractivity contribution in [2.24, 2.45) is 11.7 Å². The van der Waals surface area contributed by atoms with Crippen molar-refractivity contribution in [2.45, 2.75) is 38.3 Å². The van der Waals surface area contributed by atoms with E-state index in [1.807, 2.05) is 0 Å². The van der Waals surface area contributed by atoms with Crippen LogP contribution in [0, 0.1) is 5.92 Å². The molecule has 0 radical (unpaired) electrons. The van der Waals surface area contributed by atoms with Gasteiger partial charge in [-0.25, -0.2) is 13.4 Å². The third kappa shape index (κ3) is 2.44. The van der Waals surface area contributed by atoms with Crippen molar-refractivity contribution in [3.8, 4) is 0 Å². The monoisotopic (exact) mass is 269 g/mol. The lowest BCUT2D eigenvalue weighted by Crippen LogP contribution is -2.31. The molecule has 2 aliphatic rings. The van der Waals surface area contributed by atoms with Gasteiger partial charge in [-0.05, 0) is 25.2 Å². The molecule has 2 unspecified atom stereocenters. The van der Waals surface area contributed by atoms with Crippen LogP contribution in [-0.2, 0) is 29.2 Å². The van der Waals surface area contributed by atoms with Gasteiger partial charge >= 0.3 is 0 Å². The second-order valence-electron chi connectivity index (χ2n) is 5.57. The number of aryl methyl sites for hydroxylation is 1. The Bertz CT molecular complexity index is 550. The van der Waals surface area contributed by atoms with E-state index in [1.54, 1.807) is 0 Å². The van der Waals surface area contributed by atoms with Gasteiger partial charge < -0.3 is 10.3 Å². The van der Waals surface area contributed by atoms with Gasteiger partial charge in [0.05, 0.1) is 17.2 Å². The second kappa shape index (κ2) is 4.35. The van der Waals surface area contributed by atoms with Crippen LogP contribution in [0.2, 0.25) is 0 Å². The maximum atomic E-state index is 11.4. The number of aromatic nitrogens is 2. The zero-order valence-electron chi connectivity index (χ0n) is 10.4. The molecule has 0 amide bonds. The molecule has 3 rings (SSSR count). The molecule has 1 fully saturated rings. The zero-order chi connectivity index (χ0) is 12.8. The summed E-state index contributed by atoms with van der Waals surface area (Å²) in [5.41, 5.74) is 6.96. The van der Waals surface area contributed by atoms with Crippen molar-refractivity contribution in [1.82, 2.24) is 9.55 Å². The van der Waals surface area contributed by atoms with Crippen LogP contribution >= 0.6 is 0 Å². The fraction of sp³-hybridized carbons (Fsp3) is 0.750. The Kier molecular flexibility index (Phi) is 2.94. The summed E-state index contributed by atoms with van der Waals surface area (Å²) in [4.78, 5) is 4.61. The molecule has 18 heavy (non-hydrogen) atoms. The smallest absolute Gasteiger partial charge is 0.150 e. The number of nitrogens with two attached hydrogens (primary N) is 1. The molecular formula is C12H19N3O2S. The molecule has 2 aliphatic heterocycles. The molecule has 5 nitrogen and oxygen atoms in total. The maximum absolute atomic E-state index is 11.4. The number of hydrogen-bond acceptors (Lipinski definition) is 4. The van der Waals surface area contributed by atoms with E-state index in [9.17, 15) is 8.42 Å². The van der Waals surface area contributed by atoms with Gasteiger partial charge in [0, 0.05) is 25.2 Å². The highest BCUT2D eigenvalue weighted by molar-refractivity contribution is 7.91. The van der Waals surface area contributed by atoms with Crippen molar-refractivity contribution in [1.29, 1.82) is 0 Å². The van der Waals surface area contributed by atoms with Crippen LogP contribution in [0.1, 0.15) is 24.4 Å². The molecule has 100 valence electrons. The van der Waals surface area contributed by atoms with Gasteiger partial charge in [-0.15, -0.1) is 0 Å². The summed E-state index contributed by atoms with van der Waals surface area (Å²) in [6.45, 7) is 0.839. The summed E-state index contributed by atoms with van der Waals surface area (Å²) >= 11 is 0. The van der Waals surface area contributed by atoms with Crippen LogP contribution in [0.5, 0.6) is 0 Å². The van der Waals surface area contributed by atoms with E-state index >= 15 is 0 Å². The largest absolute Gasteiger partial charge is 0.333 e. The molecule has 1 aromatic heterocycles. The normalized spacial score (nSPS) is 30.3. The maximum Gasteiger partial charge on any atom is 0.150 e. The Morgan fingerprint density at radius 1 is 1.44 bits per heavy atom. The van der Waals surface area contributed by atoms with E-state index < -0.39 is 9.84 Å². The highest BCUT2D eigenvalue weighted by Gasteiger charge is 2.29. The molecular weight excluding hydrogens is 250 g/mol. The first kappa shape index (κ1) is 12.2. The van der Waals surface area contributed by atoms with E-state index in [1.165, 1.54) is 0 Å². The molecule has 0 aromatic carbocycles. The lowest BCUT2D eigenvalue weighted by molar-refractivity contribution is 0.453. The van der Waals surface area contributed by atoms with E-state index in [4.69, 9.17) is 5.73 Å². The molecule has 0 saturated carbocycles. The van der Waals surface area contributed by atoms with E-state index in [-0.39, 0.29) is 12.0 Å². The Morgan fingerprint density at radius 2 is 2.28 bits per heavy atom. The molecule has 2 atom stereocenters. The highest BCUT2D eigenvalue weighted by Crippen LogP contribution is 2.23. The van der Waals surface area contributed by atoms with Gasteiger partial charge in [0.25, 0.3) is 0 Å². The minimum atomic E-state index is -2.78. The SMILES string of the molecule is NC1CCc2nc(CC3CCS(=O)(=O)C3)cn2C1. The fourth-order valence-electron chi connectivity index (χ4n) is 2.96. The predicted octanol–water partition coefficient (Wildman–Crippen LogP) is 0.134. The van der Waals surface area contributed by atoms with E-state index in [0.29, 0.717) is 11.5 Å². The average Bonchev–Trinajstić information content (AvgIpc) is 2.81. The summed E-state index contributed by atoms with van der Waals surface area (Å²) in [6, 6.07) is 0.228. The molecule has 0 spiro atoms. The molecule has 1 saturated heterocycles. The van der Waals surface area contributed by atoms with Gasteiger partial charge in [-0.2, -0.15) is 0 Å². The van der Waals surface area contributed by atoms with Gasteiger partial charge in [0.1, 0.15) is 5.82 Å². The Labute approximate surface area is 107 Å². The minimum absolute atomic E-state index is 0.228. The molecule has 1 aromatic rings. The Hall–Kier alpha value is -0.880. The zero-order valence-corrected chi connectivity index (χ0v) is 11.2. The van der Waals surface area contributed by atoms with Crippen molar-refractivity contribution in [3.05, 3.63) is 17.7 Å². The van der Waals surface area contributed by atoms with Crippen molar-refractivity contribution in [3.63, 3.8) is 0 Å². The summed E-state index contributed by atoms with van der Waals surface area (Å²) in [5.74, 6) is 2.03. The van der Waals surface area contributed by atoms with E-state index in [2.05, 4.69) is 15.7 Å². The quantitative estimate of drug-likeness (QED) is 0.828. The molecule has 3 heterocycles.